The fourth-order valence-corrected chi connectivity index (χ4v) is 3.39. The molecule has 0 aliphatic heterocycles. The summed E-state index contributed by atoms with van der Waals surface area (Å²) in [7, 11) is 0. The van der Waals surface area contributed by atoms with E-state index in [0.29, 0.717) is 19.4 Å². The van der Waals surface area contributed by atoms with Crippen LogP contribution in [0.4, 0.5) is 4.79 Å². The van der Waals surface area contributed by atoms with Crippen molar-refractivity contribution < 1.29 is 14.4 Å². The van der Waals surface area contributed by atoms with Gasteiger partial charge in [-0.05, 0) is 38.6 Å². The predicted octanol–water partition coefficient (Wildman–Crippen LogP) is 0.0284. The lowest BCUT2D eigenvalue weighted by Gasteiger charge is -2.29. The third kappa shape index (κ3) is 9.05. The van der Waals surface area contributed by atoms with E-state index in [-0.39, 0.29) is 30.3 Å². The molecule has 0 aromatic heterocycles. The van der Waals surface area contributed by atoms with Crippen LogP contribution in [-0.4, -0.2) is 42.6 Å². The van der Waals surface area contributed by atoms with E-state index < -0.39 is 18.1 Å². The maximum atomic E-state index is 12.5. The minimum atomic E-state index is -0.495. The lowest BCUT2D eigenvalue weighted by atomic mass is 9.84. The summed E-state index contributed by atoms with van der Waals surface area (Å²) in [6.45, 7) is 2.43. The summed E-state index contributed by atoms with van der Waals surface area (Å²) in [6.07, 6.45) is 6.00. The second-order valence-electron chi connectivity index (χ2n) is 7.29. The average Bonchev–Trinajstić information content (AvgIpc) is 2.60. The van der Waals surface area contributed by atoms with Crippen LogP contribution in [0, 0.1) is 5.92 Å². The monoisotopic (exact) mass is 384 g/mol. The number of carbonyl (C=O) groups excluding carboxylic acids is 3. The summed E-state index contributed by atoms with van der Waals surface area (Å²) in [6, 6.07) is -0.921. The first-order valence-electron chi connectivity index (χ1n) is 9.98. The first-order valence-corrected chi connectivity index (χ1v) is 9.98. The van der Waals surface area contributed by atoms with Crippen LogP contribution >= 0.6 is 0 Å². The number of hydrogen-bond acceptors (Lipinski definition) is 5. The number of urea groups is 1. The van der Waals surface area contributed by atoms with Crippen molar-refractivity contribution in [2.75, 3.05) is 6.54 Å². The lowest BCUT2D eigenvalue weighted by molar-refractivity contribution is -0.127. The van der Waals surface area contributed by atoms with Gasteiger partial charge in [-0.2, -0.15) is 0 Å². The predicted molar refractivity (Wildman–Crippen MR) is 104 cm³/mol. The standard InChI is InChI=1S/C18H36N6O3/c1-2-16(23-17(26)13-8-3-4-9-14(13)20)24-18(27)22-12(11-15(21)25)7-5-6-10-19/h12-14,16H,2-11,19-20H2,1H3,(H2,21,25)(H,23,26)(H2,22,24,27)/t12-,13-,14-,16+/m0/s1. The van der Waals surface area contributed by atoms with Crippen LogP contribution in [0.5, 0.6) is 0 Å². The molecule has 4 amide bonds. The van der Waals surface area contributed by atoms with Gasteiger partial charge in [0.2, 0.25) is 11.8 Å². The first-order chi connectivity index (χ1) is 12.9. The molecule has 156 valence electrons. The van der Waals surface area contributed by atoms with E-state index in [1.807, 2.05) is 6.92 Å². The molecule has 0 spiro atoms. The minimum Gasteiger partial charge on any atom is -0.370 e. The van der Waals surface area contributed by atoms with Crippen LogP contribution in [0.1, 0.15) is 64.7 Å². The Hall–Kier alpha value is -1.87. The lowest BCUT2D eigenvalue weighted by Crippen LogP contribution is -2.55. The number of nitrogens with two attached hydrogens (primary N) is 3. The Bertz CT molecular complexity index is 488. The Balaban J connectivity index is 2.51. The van der Waals surface area contributed by atoms with Gasteiger partial charge in [0.05, 0.1) is 5.92 Å². The van der Waals surface area contributed by atoms with Crippen LogP contribution in [0.15, 0.2) is 0 Å². The highest BCUT2D eigenvalue weighted by molar-refractivity contribution is 5.81. The van der Waals surface area contributed by atoms with Crippen LogP contribution in [0.3, 0.4) is 0 Å². The number of rotatable bonds is 11. The molecule has 4 atom stereocenters. The fourth-order valence-electron chi connectivity index (χ4n) is 3.39. The van der Waals surface area contributed by atoms with Crippen molar-refractivity contribution in [2.24, 2.45) is 23.1 Å². The van der Waals surface area contributed by atoms with Crippen LogP contribution < -0.4 is 33.2 Å². The number of unbranched alkanes of at least 4 members (excludes halogenated alkanes) is 1. The average molecular weight is 385 g/mol. The molecule has 0 aromatic rings. The Kier molecular flexibility index (Phi) is 10.7. The van der Waals surface area contributed by atoms with Crippen molar-refractivity contribution in [3.63, 3.8) is 0 Å². The zero-order valence-corrected chi connectivity index (χ0v) is 16.3. The third-order valence-electron chi connectivity index (χ3n) is 4.98. The molecule has 1 aliphatic rings. The topological polar surface area (TPSA) is 165 Å². The van der Waals surface area contributed by atoms with Gasteiger partial charge in [0.25, 0.3) is 0 Å². The zero-order valence-electron chi connectivity index (χ0n) is 16.3. The summed E-state index contributed by atoms with van der Waals surface area (Å²) in [5, 5.41) is 8.38. The summed E-state index contributed by atoms with van der Waals surface area (Å²) in [5.74, 6) is -0.804. The minimum absolute atomic E-state index is 0.0675. The SMILES string of the molecule is CC[C@@H](NC(=O)N[C@@H](CCCCN)CC(N)=O)NC(=O)[C@H]1CCCC[C@@H]1N. The highest BCUT2D eigenvalue weighted by Gasteiger charge is 2.29. The van der Waals surface area contributed by atoms with Gasteiger partial charge in [0, 0.05) is 18.5 Å². The van der Waals surface area contributed by atoms with Crippen molar-refractivity contribution in [2.45, 2.75) is 83.0 Å². The normalized spacial score (nSPS) is 21.7. The van der Waals surface area contributed by atoms with E-state index in [9.17, 15) is 14.4 Å². The van der Waals surface area contributed by atoms with Gasteiger partial charge < -0.3 is 33.2 Å². The van der Waals surface area contributed by atoms with Crippen molar-refractivity contribution in [3.8, 4) is 0 Å². The van der Waals surface area contributed by atoms with Crippen molar-refractivity contribution >= 4 is 17.8 Å². The van der Waals surface area contributed by atoms with E-state index in [0.717, 1.165) is 38.5 Å². The Morgan fingerprint density at radius 3 is 2.37 bits per heavy atom. The summed E-state index contributed by atoms with van der Waals surface area (Å²) in [5.41, 5.74) is 16.8. The molecule has 0 heterocycles. The Morgan fingerprint density at radius 2 is 1.78 bits per heavy atom. The summed E-state index contributed by atoms with van der Waals surface area (Å²) >= 11 is 0. The first kappa shape index (κ1) is 23.2. The molecule has 1 aliphatic carbocycles. The highest BCUT2D eigenvalue weighted by atomic mass is 16.2. The Morgan fingerprint density at radius 1 is 1.07 bits per heavy atom. The van der Waals surface area contributed by atoms with E-state index in [2.05, 4.69) is 16.0 Å². The van der Waals surface area contributed by atoms with Gasteiger partial charge in [-0.15, -0.1) is 0 Å². The summed E-state index contributed by atoms with van der Waals surface area (Å²) < 4.78 is 0. The number of primary amides is 1. The number of amides is 4. The van der Waals surface area contributed by atoms with Crippen molar-refractivity contribution in [1.82, 2.24) is 16.0 Å². The van der Waals surface area contributed by atoms with E-state index in [1.165, 1.54) is 0 Å². The second kappa shape index (κ2) is 12.5. The number of carbonyl (C=O) groups is 3. The molecule has 9 nitrogen and oxygen atoms in total. The van der Waals surface area contributed by atoms with E-state index in [4.69, 9.17) is 17.2 Å². The molecular weight excluding hydrogens is 348 g/mol. The van der Waals surface area contributed by atoms with Crippen LogP contribution in [0.2, 0.25) is 0 Å². The summed E-state index contributed by atoms with van der Waals surface area (Å²) in [4.78, 5) is 36.0. The smallest absolute Gasteiger partial charge is 0.316 e. The van der Waals surface area contributed by atoms with Gasteiger partial charge in [-0.3, -0.25) is 9.59 Å². The van der Waals surface area contributed by atoms with Gasteiger partial charge in [0.1, 0.15) is 6.17 Å². The maximum absolute atomic E-state index is 12.5. The maximum Gasteiger partial charge on any atom is 0.316 e. The van der Waals surface area contributed by atoms with Gasteiger partial charge in [0.15, 0.2) is 0 Å². The molecule has 9 N–H and O–H groups in total. The molecule has 0 unspecified atom stereocenters. The molecule has 1 rings (SSSR count). The molecule has 0 bridgehead atoms. The number of hydrogen-bond donors (Lipinski definition) is 6. The van der Waals surface area contributed by atoms with Gasteiger partial charge in [-0.1, -0.05) is 26.2 Å². The molecule has 27 heavy (non-hydrogen) atoms. The highest BCUT2D eigenvalue weighted by Crippen LogP contribution is 2.23. The number of nitrogens with one attached hydrogen (secondary N) is 3. The molecule has 1 fully saturated rings. The second-order valence-corrected chi connectivity index (χ2v) is 7.29. The van der Waals surface area contributed by atoms with E-state index in [1.54, 1.807) is 0 Å². The molecule has 1 saturated carbocycles. The molecule has 9 heteroatoms. The molecule has 0 saturated heterocycles. The van der Waals surface area contributed by atoms with Crippen LogP contribution in [0.25, 0.3) is 0 Å². The van der Waals surface area contributed by atoms with Gasteiger partial charge in [-0.25, -0.2) is 4.79 Å². The Labute approximate surface area is 161 Å². The quantitative estimate of drug-likeness (QED) is 0.218. The molecule has 0 radical (unpaired) electrons. The van der Waals surface area contributed by atoms with Crippen molar-refractivity contribution in [3.05, 3.63) is 0 Å². The van der Waals surface area contributed by atoms with E-state index >= 15 is 0 Å². The van der Waals surface area contributed by atoms with Crippen LogP contribution in [-0.2, 0) is 9.59 Å². The fraction of sp³-hybridized carbons (Fsp3) is 0.833. The largest absolute Gasteiger partial charge is 0.370 e. The zero-order chi connectivity index (χ0) is 20.2. The third-order valence-corrected chi connectivity index (χ3v) is 4.98. The van der Waals surface area contributed by atoms with Gasteiger partial charge >= 0.3 is 6.03 Å². The molecular formula is C18H36N6O3. The molecule has 0 aromatic carbocycles. The van der Waals surface area contributed by atoms with Crippen molar-refractivity contribution in [1.29, 1.82) is 0 Å².